The Bertz CT molecular complexity index is 1280. The SMILES string of the molecule is CN(C)CCc1cccc(N/C(=C2\C(=O)Nc3cc(Cl)ccc32)c2cccc(CC(=O)O)c2)c1. The lowest BCUT2D eigenvalue weighted by molar-refractivity contribution is -0.136. The van der Waals surface area contributed by atoms with Crippen LogP contribution < -0.4 is 10.6 Å². The summed E-state index contributed by atoms with van der Waals surface area (Å²) in [5.74, 6) is -1.15. The molecule has 1 aliphatic heterocycles. The molecule has 0 aromatic heterocycles. The van der Waals surface area contributed by atoms with Crippen LogP contribution in [0.25, 0.3) is 11.3 Å². The molecule has 3 aromatic rings. The van der Waals surface area contributed by atoms with Crippen molar-refractivity contribution in [2.75, 3.05) is 31.3 Å². The fourth-order valence-corrected chi connectivity index (χ4v) is 4.16. The normalized spacial score (nSPS) is 14.1. The molecule has 0 unspecified atom stereocenters. The molecule has 34 heavy (non-hydrogen) atoms. The molecule has 174 valence electrons. The molecule has 1 aliphatic rings. The van der Waals surface area contributed by atoms with Gasteiger partial charge in [-0.25, -0.2) is 0 Å². The van der Waals surface area contributed by atoms with Crippen LogP contribution in [0.2, 0.25) is 5.02 Å². The van der Waals surface area contributed by atoms with Crippen molar-refractivity contribution in [1.82, 2.24) is 4.90 Å². The number of hydrogen-bond donors (Lipinski definition) is 3. The number of halogens is 1. The first kappa shape index (κ1) is 23.5. The van der Waals surface area contributed by atoms with Crippen molar-refractivity contribution in [2.24, 2.45) is 0 Å². The van der Waals surface area contributed by atoms with Crippen LogP contribution in [0.1, 0.15) is 22.3 Å². The molecule has 0 radical (unpaired) electrons. The summed E-state index contributed by atoms with van der Waals surface area (Å²) in [4.78, 5) is 26.5. The van der Waals surface area contributed by atoms with Crippen LogP contribution >= 0.6 is 11.6 Å². The Morgan fingerprint density at radius 3 is 2.56 bits per heavy atom. The van der Waals surface area contributed by atoms with E-state index in [1.54, 1.807) is 30.3 Å². The van der Waals surface area contributed by atoms with Gasteiger partial charge in [0, 0.05) is 22.8 Å². The van der Waals surface area contributed by atoms with Crippen LogP contribution in [0.5, 0.6) is 0 Å². The van der Waals surface area contributed by atoms with E-state index in [4.69, 9.17) is 11.6 Å². The number of amides is 1. The lowest BCUT2D eigenvalue weighted by Gasteiger charge is -2.17. The van der Waals surface area contributed by atoms with Crippen LogP contribution in [0.15, 0.2) is 66.7 Å². The predicted octanol–water partition coefficient (Wildman–Crippen LogP) is 5.00. The van der Waals surface area contributed by atoms with Crippen LogP contribution in [0.3, 0.4) is 0 Å². The van der Waals surface area contributed by atoms with Gasteiger partial charge in [-0.05, 0) is 67.5 Å². The molecular formula is C27H26ClN3O3. The molecule has 0 aliphatic carbocycles. The number of carboxylic acid groups (broad SMARTS) is 1. The Morgan fingerprint density at radius 2 is 1.79 bits per heavy atom. The molecule has 3 N–H and O–H groups in total. The van der Waals surface area contributed by atoms with E-state index < -0.39 is 5.97 Å². The molecular weight excluding hydrogens is 450 g/mol. The lowest BCUT2D eigenvalue weighted by Crippen LogP contribution is -2.15. The van der Waals surface area contributed by atoms with E-state index in [0.29, 0.717) is 27.5 Å². The van der Waals surface area contributed by atoms with Gasteiger partial charge in [0.1, 0.15) is 0 Å². The standard InChI is InChI=1S/C27H26ClN3O3/c1-31(2)12-11-17-5-4-8-21(14-17)29-26(19-7-3-6-18(13-19)15-24(32)33)25-22-10-9-20(28)16-23(22)30-27(25)34/h3-10,13-14,16,29H,11-12,15H2,1-2H3,(H,30,34)(H,32,33)/b26-25-. The molecule has 7 heteroatoms. The van der Waals surface area contributed by atoms with Gasteiger partial charge in [0.25, 0.3) is 5.91 Å². The summed E-state index contributed by atoms with van der Waals surface area (Å²) in [6, 6.07) is 20.6. The fourth-order valence-electron chi connectivity index (χ4n) is 3.99. The number of carboxylic acids is 1. The topological polar surface area (TPSA) is 81.7 Å². The van der Waals surface area contributed by atoms with Gasteiger partial charge < -0.3 is 20.6 Å². The molecule has 1 amide bonds. The number of benzene rings is 3. The Hall–Kier alpha value is -3.61. The van der Waals surface area contributed by atoms with Gasteiger partial charge in [-0.3, -0.25) is 9.59 Å². The van der Waals surface area contributed by atoms with Gasteiger partial charge in [-0.2, -0.15) is 0 Å². The third kappa shape index (κ3) is 5.47. The summed E-state index contributed by atoms with van der Waals surface area (Å²) >= 11 is 6.14. The molecule has 0 fully saturated rings. The lowest BCUT2D eigenvalue weighted by atomic mass is 9.98. The van der Waals surface area contributed by atoms with E-state index in [-0.39, 0.29) is 12.3 Å². The quantitative estimate of drug-likeness (QED) is 0.399. The number of aliphatic carboxylic acids is 1. The summed E-state index contributed by atoms with van der Waals surface area (Å²) in [5.41, 5.74) is 5.87. The molecule has 6 nitrogen and oxygen atoms in total. The van der Waals surface area contributed by atoms with Crippen molar-refractivity contribution in [3.8, 4) is 0 Å². The Labute approximate surface area is 203 Å². The maximum absolute atomic E-state index is 13.1. The second-order valence-corrected chi connectivity index (χ2v) is 8.98. The number of fused-ring (bicyclic) bond motifs is 1. The van der Waals surface area contributed by atoms with Crippen LogP contribution in [0, 0.1) is 0 Å². The number of carbonyl (C=O) groups is 2. The van der Waals surface area contributed by atoms with Gasteiger partial charge in [-0.15, -0.1) is 0 Å². The van der Waals surface area contributed by atoms with Gasteiger partial charge in [0.05, 0.1) is 23.4 Å². The zero-order valence-electron chi connectivity index (χ0n) is 19.1. The highest BCUT2D eigenvalue weighted by molar-refractivity contribution is 6.38. The van der Waals surface area contributed by atoms with Crippen LogP contribution in [-0.2, 0) is 22.4 Å². The predicted molar refractivity (Wildman–Crippen MR) is 137 cm³/mol. The minimum absolute atomic E-state index is 0.102. The first-order chi connectivity index (χ1) is 16.3. The Morgan fingerprint density at radius 1 is 1.03 bits per heavy atom. The minimum Gasteiger partial charge on any atom is -0.481 e. The third-order valence-corrected chi connectivity index (χ3v) is 5.83. The summed E-state index contributed by atoms with van der Waals surface area (Å²) in [7, 11) is 4.08. The monoisotopic (exact) mass is 475 g/mol. The average Bonchev–Trinajstić information content (AvgIpc) is 3.10. The van der Waals surface area contributed by atoms with Gasteiger partial charge in [0.15, 0.2) is 0 Å². The van der Waals surface area contributed by atoms with Crippen molar-refractivity contribution in [1.29, 1.82) is 0 Å². The molecule has 0 saturated heterocycles. The number of carbonyl (C=O) groups excluding carboxylic acids is 1. The van der Waals surface area contributed by atoms with E-state index in [1.165, 1.54) is 5.56 Å². The smallest absolute Gasteiger partial charge is 0.307 e. The van der Waals surface area contributed by atoms with Gasteiger partial charge >= 0.3 is 5.97 Å². The third-order valence-electron chi connectivity index (χ3n) is 5.59. The highest BCUT2D eigenvalue weighted by Crippen LogP contribution is 2.39. The molecule has 1 heterocycles. The molecule has 0 atom stereocenters. The van der Waals surface area contributed by atoms with Crippen molar-refractivity contribution in [3.05, 3.63) is 94.0 Å². The van der Waals surface area contributed by atoms with Gasteiger partial charge in [-0.1, -0.05) is 48.0 Å². The number of likely N-dealkylation sites (N-methyl/N-ethyl adjacent to an activating group) is 1. The zero-order chi connectivity index (χ0) is 24.2. The summed E-state index contributed by atoms with van der Waals surface area (Å²) in [6.07, 6.45) is 0.791. The number of nitrogens with one attached hydrogen (secondary N) is 2. The molecule has 3 aromatic carbocycles. The Balaban J connectivity index is 1.81. The van der Waals surface area contributed by atoms with Crippen molar-refractivity contribution < 1.29 is 14.7 Å². The fraction of sp³-hybridized carbons (Fsp3) is 0.185. The van der Waals surface area contributed by atoms with Gasteiger partial charge in [0.2, 0.25) is 0 Å². The Kier molecular flexibility index (Phi) is 7.01. The maximum atomic E-state index is 13.1. The molecule has 0 saturated carbocycles. The highest BCUT2D eigenvalue weighted by Gasteiger charge is 2.28. The summed E-state index contributed by atoms with van der Waals surface area (Å²) in [5, 5.41) is 16.1. The largest absolute Gasteiger partial charge is 0.481 e. The van der Waals surface area contributed by atoms with Crippen molar-refractivity contribution in [2.45, 2.75) is 12.8 Å². The molecule has 4 rings (SSSR count). The number of anilines is 2. The second kappa shape index (κ2) is 10.1. The van der Waals surface area contributed by atoms with E-state index >= 15 is 0 Å². The molecule has 0 spiro atoms. The zero-order valence-corrected chi connectivity index (χ0v) is 19.8. The first-order valence-electron chi connectivity index (χ1n) is 11.0. The second-order valence-electron chi connectivity index (χ2n) is 8.54. The number of rotatable bonds is 8. The van der Waals surface area contributed by atoms with Crippen LogP contribution in [0.4, 0.5) is 11.4 Å². The minimum atomic E-state index is -0.911. The first-order valence-corrected chi connectivity index (χ1v) is 11.4. The number of nitrogens with zero attached hydrogens (tertiary/aromatic N) is 1. The van der Waals surface area contributed by atoms with E-state index in [2.05, 4.69) is 27.7 Å². The van der Waals surface area contributed by atoms with E-state index in [9.17, 15) is 14.7 Å². The molecule has 0 bridgehead atoms. The highest BCUT2D eigenvalue weighted by atomic mass is 35.5. The van der Waals surface area contributed by atoms with Crippen molar-refractivity contribution >= 4 is 46.1 Å². The van der Waals surface area contributed by atoms with E-state index in [1.807, 2.05) is 38.4 Å². The van der Waals surface area contributed by atoms with E-state index in [0.717, 1.165) is 29.8 Å². The summed E-state index contributed by atoms with van der Waals surface area (Å²) in [6.45, 7) is 0.922. The summed E-state index contributed by atoms with van der Waals surface area (Å²) < 4.78 is 0. The van der Waals surface area contributed by atoms with Crippen molar-refractivity contribution in [3.63, 3.8) is 0 Å². The average molecular weight is 476 g/mol. The maximum Gasteiger partial charge on any atom is 0.307 e. The van der Waals surface area contributed by atoms with Crippen LogP contribution in [-0.4, -0.2) is 42.5 Å². The number of hydrogen-bond acceptors (Lipinski definition) is 4.